The molecule has 0 saturated heterocycles. The number of benzene rings is 1. The Morgan fingerprint density at radius 3 is 2.46 bits per heavy atom. The number of aromatic nitrogens is 4. The van der Waals surface area contributed by atoms with E-state index in [-0.39, 0.29) is 28.2 Å². The van der Waals surface area contributed by atoms with Gasteiger partial charge in [-0.2, -0.15) is 4.98 Å². The Labute approximate surface area is 171 Å². The van der Waals surface area contributed by atoms with Crippen molar-refractivity contribution in [2.45, 2.75) is 46.1 Å². The van der Waals surface area contributed by atoms with Crippen LogP contribution in [0.25, 0.3) is 11.0 Å². The number of aryl methyl sites for hydroxylation is 1. The fraction of sp³-hybridized carbons (Fsp3) is 0.368. The molecule has 0 N–H and O–H groups in total. The van der Waals surface area contributed by atoms with E-state index in [9.17, 15) is 4.79 Å². The summed E-state index contributed by atoms with van der Waals surface area (Å²) in [6.07, 6.45) is 0. The minimum Gasteiger partial charge on any atom is -0.323 e. The predicted molar refractivity (Wildman–Crippen MR) is 107 cm³/mol. The summed E-state index contributed by atoms with van der Waals surface area (Å²) < 4.78 is 16.9. The topological polar surface area (TPSA) is 63.9 Å². The number of fused-ring (bicyclic) bond motifs is 2. The lowest BCUT2D eigenvalue weighted by Gasteiger charge is -2.20. The number of hydrogen-bond acceptors (Lipinski definition) is 4. The van der Waals surface area contributed by atoms with Crippen LogP contribution in [0.1, 0.15) is 45.1 Å². The van der Waals surface area contributed by atoms with Gasteiger partial charge in [0.25, 0.3) is 0 Å². The first kappa shape index (κ1) is 19.1. The quantitative estimate of drug-likeness (QED) is 0.425. The van der Waals surface area contributed by atoms with Gasteiger partial charge >= 0.3 is 0 Å². The van der Waals surface area contributed by atoms with Crippen LogP contribution in [0, 0.1) is 12.7 Å². The first-order valence-electron chi connectivity index (χ1n) is 8.80. The number of nitrogens with zero attached hydrogens (tertiary/aromatic N) is 5. The van der Waals surface area contributed by atoms with Crippen LogP contribution in [0.4, 0.5) is 15.9 Å². The second kappa shape index (κ2) is 6.12. The van der Waals surface area contributed by atoms with Gasteiger partial charge in [-0.1, -0.05) is 11.6 Å². The fourth-order valence-electron chi connectivity index (χ4n) is 3.86. The van der Waals surface area contributed by atoms with Crippen LogP contribution < -0.4 is 4.90 Å². The van der Waals surface area contributed by atoms with E-state index in [1.807, 2.05) is 25.3 Å². The molecule has 146 valence electrons. The standard InChI is InChI=1S/C19H18Cl2FN5O/c1-8(2)26-9(3)23-12-7-10(6-11(22)14(12)26)27-16-13(19(4,5)17(27)28)15(20)24-18(21)25-16/h6-8H,1-5H3. The van der Waals surface area contributed by atoms with Crippen LogP contribution in [0.5, 0.6) is 0 Å². The Hall–Kier alpha value is -2.25. The van der Waals surface area contributed by atoms with Gasteiger partial charge < -0.3 is 4.57 Å². The van der Waals surface area contributed by atoms with Crippen molar-refractivity contribution in [2.75, 3.05) is 4.90 Å². The minimum absolute atomic E-state index is 0.0452. The van der Waals surface area contributed by atoms with Crippen LogP contribution >= 0.6 is 23.2 Å². The Morgan fingerprint density at radius 2 is 1.82 bits per heavy atom. The summed E-state index contributed by atoms with van der Waals surface area (Å²) in [6, 6.07) is 3.04. The molecule has 1 aliphatic heterocycles. The zero-order valence-electron chi connectivity index (χ0n) is 16.0. The maximum absolute atomic E-state index is 15.1. The van der Waals surface area contributed by atoms with Crippen molar-refractivity contribution in [1.29, 1.82) is 0 Å². The van der Waals surface area contributed by atoms with Crippen molar-refractivity contribution in [3.63, 3.8) is 0 Å². The SMILES string of the molecule is Cc1nc2cc(N3C(=O)C(C)(C)c4c(Cl)nc(Cl)nc43)cc(F)c2n1C(C)C. The molecule has 1 aromatic carbocycles. The van der Waals surface area contributed by atoms with Crippen molar-refractivity contribution in [1.82, 2.24) is 19.5 Å². The van der Waals surface area contributed by atoms with E-state index in [2.05, 4.69) is 15.0 Å². The van der Waals surface area contributed by atoms with Gasteiger partial charge in [-0.3, -0.25) is 9.69 Å². The van der Waals surface area contributed by atoms with E-state index >= 15 is 4.39 Å². The molecule has 0 saturated carbocycles. The Morgan fingerprint density at radius 1 is 1.14 bits per heavy atom. The molecule has 3 aromatic rings. The van der Waals surface area contributed by atoms with Gasteiger partial charge in [0, 0.05) is 17.7 Å². The summed E-state index contributed by atoms with van der Waals surface area (Å²) in [4.78, 5) is 27.2. The van der Waals surface area contributed by atoms with Gasteiger partial charge in [0.1, 0.15) is 16.5 Å². The number of amides is 1. The lowest BCUT2D eigenvalue weighted by molar-refractivity contribution is -0.121. The molecule has 9 heteroatoms. The summed E-state index contributed by atoms with van der Waals surface area (Å²) >= 11 is 12.2. The Kier molecular flexibility index (Phi) is 4.17. The summed E-state index contributed by atoms with van der Waals surface area (Å²) in [5.74, 6) is 0.202. The summed E-state index contributed by atoms with van der Waals surface area (Å²) in [7, 11) is 0. The maximum Gasteiger partial charge on any atom is 0.243 e. The molecule has 1 aliphatic rings. The second-order valence-electron chi connectivity index (χ2n) is 7.67. The first-order chi connectivity index (χ1) is 13.0. The zero-order chi connectivity index (χ0) is 20.5. The van der Waals surface area contributed by atoms with Gasteiger partial charge in [0.15, 0.2) is 11.6 Å². The van der Waals surface area contributed by atoms with Gasteiger partial charge in [0.05, 0.1) is 16.6 Å². The van der Waals surface area contributed by atoms with Crippen LogP contribution in [-0.4, -0.2) is 25.4 Å². The van der Waals surface area contributed by atoms with Crippen molar-refractivity contribution in [3.8, 4) is 0 Å². The minimum atomic E-state index is -0.977. The molecule has 0 fully saturated rings. The van der Waals surface area contributed by atoms with Crippen molar-refractivity contribution < 1.29 is 9.18 Å². The van der Waals surface area contributed by atoms with Crippen LogP contribution in [0.3, 0.4) is 0 Å². The molecule has 0 bridgehead atoms. The summed E-state index contributed by atoms with van der Waals surface area (Å²) in [6.45, 7) is 9.20. The Bertz CT molecular complexity index is 1160. The molecule has 1 amide bonds. The maximum atomic E-state index is 15.1. The third kappa shape index (κ3) is 2.53. The van der Waals surface area contributed by atoms with E-state index in [0.717, 1.165) is 0 Å². The molecule has 0 radical (unpaired) electrons. The highest BCUT2D eigenvalue weighted by molar-refractivity contribution is 6.34. The molecule has 4 rings (SSSR count). The number of hydrogen-bond donors (Lipinski definition) is 0. The van der Waals surface area contributed by atoms with Gasteiger partial charge in [-0.25, -0.2) is 14.4 Å². The van der Waals surface area contributed by atoms with E-state index in [1.54, 1.807) is 19.9 Å². The summed E-state index contributed by atoms with van der Waals surface area (Å²) in [5, 5.41) is 0.0260. The molecule has 0 spiro atoms. The highest BCUT2D eigenvalue weighted by atomic mass is 35.5. The van der Waals surface area contributed by atoms with E-state index in [1.165, 1.54) is 11.0 Å². The molecule has 6 nitrogen and oxygen atoms in total. The highest BCUT2D eigenvalue weighted by Gasteiger charge is 2.48. The number of halogens is 3. The van der Waals surface area contributed by atoms with Crippen molar-refractivity contribution in [2.24, 2.45) is 0 Å². The number of rotatable bonds is 2. The van der Waals surface area contributed by atoms with Crippen LogP contribution in [0.2, 0.25) is 10.4 Å². The van der Waals surface area contributed by atoms with Crippen LogP contribution in [0.15, 0.2) is 12.1 Å². The highest BCUT2D eigenvalue weighted by Crippen LogP contribution is 2.47. The molecular formula is C19H18Cl2FN5O. The van der Waals surface area contributed by atoms with E-state index < -0.39 is 11.2 Å². The van der Waals surface area contributed by atoms with Gasteiger partial charge in [0.2, 0.25) is 11.2 Å². The van der Waals surface area contributed by atoms with Gasteiger partial charge in [-0.05, 0) is 52.3 Å². The number of carbonyl (C=O) groups is 1. The number of imidazole rings is 1. The van der Waals surface area contributed by atoms with E-state index in [4.69, 9.17) is 23.2 Å². The fourth-order valence-corrected chi connectivity index (χ4v) is 4.47. The molecule has 3 heterocycles. The molecule has 0 aliphatic carbocycles. The average molecular weight is 422 g/mol. The zero-order valence-corrected chi connectivity index (χ0v) is 17.5. The van der Waals surface area contributed by atoms with Crippen LogP contribution in [-0.2, 0) is 10.2 Å². The largest absolute Gasteiger partial charge is 0.323 e. The smallest absolute Gasteiger partial charge is 0.243 e. The third-order valence-corrected chi connectivity index (χ3v) is 5.51. The monoisotopic (exact) mass is 421 g/mol. The summed E-state index contributed by atoms with van der Waals surface area (Å²) in [5.41, 5.74) is 0.678. The molecule has 28 heavy (non-hydrogen) atoms. The molecule has 0 unspecified atom stereocenters. The predicted octanol–water partition coefficient (Wildman–Crippen LogP) is 5.12. The third-order valence-electron chi connectivity index (χ3n) is 5.07. The molecular weight excluding hydrogens is 404 g/mol. The van der Waals surface area contributed by atoms with Crippen molar-refractivity contribution in [3.05, 3.63) is 39.8 Å². The average Bonchev–Trinajstić information content (AvgIpc) is 2.99. The second-order valence-corrected chi connectivity index (χ2v) is 8.36. The molecule has 2 aromatic heterocycles. The van der Waals surface area contributed by atoms with Crippen molar-refractivity contribution >= 4 is 51.6 Å². The van der Waals surface area contributed by atoms with E-state index in [0.29, 0.717) is 28.1 Å². The lowest BCUT2D eigenvalue weighted by atomic mass is 9.88. The number of anilines is 2. The number of carbonyl (C=O) groups excluding carboxylic acids is 1. The molecule has 0 atom stereocenters. The van der Waals surface area contributed by atoms with Gasteiger partial charge in [-0.15, -0.1) is 0 Å². The first-order valence-corrected chi connectivity index (χ1v) is 9.55. The Balaban J connectivity index is 1.98. The normalized spacial score (nSPS) is 15.8. The lowest BCUT2D eigenvalue weighted by Crippen LogP contribution is -2.33.